The van der Waals surface area contributed by atoms with E-state index in [4.69, 9.17) is 19.9 Å². The maximum Gasteiger partial charge on any atom is 0.257 e. The van der Waals surface area contributed by atoms with Crippen molar-refractivity contribution in [2.75, 3.05) is 13.2 Å². The molecule has 0 amide bonds. The van der Waals surface area contributed by atoms with Crippen molar-refractivity contribution in [2.45, 2.75) is 12.1 Å². The first-order valence-electron chi connectivity index (χ1n) is 10.6. The van der Waals surface area contributed by atoms with Crippen LogP contribution >= 0.6 is 11.3 Å². The molecule has 10 heteroatoms. The molecule has 1 atom stereocenters. The number of carbonyl (C=O) groups is 1. The fraction of sp³-hybridized carbons (Fsp3) is 0.167. The van der Waals surface area contributed by atoms with Crippen LogP contribution in [0.4, 0.5) is 0 Å². The van der Waals surface area contributed by atoms with E-state index < -0.39 is 5.72 Å². The SMILES string of the molecule is NC1(c2nn[nH]n2)COc2cccc(C(=O)C=Cc3ccc(OCCc4cccs4)cc3)c2O1. The summed E-state index contributed by atoms with van der Waals surface area (Å²) in [4.78, 5) is 14.3. The van der Waals surface area contributed by atoms with E-state index >= 15 is 0 Å². The number of nitrogens with zero attached hydrogens (tertiary/aromatic N) is 3. The summed E-state index contributed by atoms with van der Waals surface area (Å²) in [6.07, 6.45) is 4.08. The number of thiophene rings is 1. The van der Waals surface area contributed by atoms with Crippen molar-refractivity contribution in [1.29, 1.82) is 0 Å². The zero-order chi connectivity index (χ0) is 23.4. The number of nitrogens with two attached hydrogens (primary N) is 1. The monoisotopic (exact) mass is 475 g/mol. The van der Waals surface area contributed by atoms with Gasteiger partial charge in [0.15, 0.2) is 17.3 Å². The molecule has 2 aromatic heterocycles. The lowest BCUT2D eigenvalue weighted by molar-refractivity contribution is -0.0154. The van der Waals surface area contributed by atoms with Gasteiger partial charge in [0, 0.05) is 11.3 Å². The highest BCUT2D eigenvalue weighted by Gasteiger charge is 2.41. The van der Waals surface area contributed by atoms with E-state index in [-0.39, 0.29) is 24.0 Å². The molecule has 1 aliphatic heterocycles. The van der Waals surface area contributed by atoms with Crippen LogP contribution in [0.1, 0.15) is 26.6 Å². The first-order valence-corrected chi connectivity index (χ1v) is 11.4. The van der Waals surface area contributed by atoms with Crippen LogP contribution in [0.15, 0.2) is 66.1 Å². The van der Waals surface area contributed by atoms with Crippen LogP contribution in [0, 0.1) is 0 Å². The minimum absolute atomic E-state index is 0.0191. The lowest BCUT2D eigenvalue weighted by Crippen LogP contribution is -2.51. The quantitative estimate of drug-likeness (QED) is 0.294. The van der Waals surface area contributed by atoms with Crippen molar-refractivity contribution >= 4 is 23.2 Å². The maximum absolute atomic E-state index is 13.0. The van der Waals surface area contributed by atoms with E-state index in [1.807, 2.05) is 30.3 Å². The molecule has 172 valence electrons. The van der Waals surface area contributed by atoms with Crippen LogP contribution in [0.3, 0.4) is 0 Å². The van der Waals surface area contributed by atoms with Crippen molar-refractivity contribution in [1.82, 2.24) is 20.6 Å². The van der Waals surface area contributed by atoms with Crippen LogP contribution in [0.5, 0.6) is 17.2 Å². The number of H-pyrrole nitrogens is 1. The zero-order valence-electron chi connectivity index (χ0n) is 18.0. The van der Waals surface area contributed by atoms with Crippen molar-refractivity contribution in [3.8, 4) is 17.2 Å². The molecule has 0 bridgehead atoms. The van der Waals surface area contributed by atoms with Crippen LogP contribution in [0.25, 0.3) is 6.08 Å². The first-order chi connectivity index (χ1) is 16.6. The van der Waals surface area contributed by atoms with Crippen molar-refractivity contribution in [3.63, 3.8) is 0 Å². The van der Waals surface area contributed by atoms with Gasteiger partial charge in [-0.05, 0) is 52.6 Å². The number of hydrogen-bond acceptors (Lipinski definition) is 9. The number of hydrogen-bond donors (Lipinski definition) is 2. The Bertz CT molecular complexity index is 1290. The van der Waals surface area contributed by atoms with Gasteiger partial charge in [-0.15, -0.1) is 21.5 Å². The first kappa shape index (κ1) is 21.8. The number of para-hydroxylation sites is 1. The minimum atomic E-state index is -1.46. The van der Waals surface area contributed by atoms with Gasteiger partial charge in [0.1, 0.15) is 12.4 Å². The summed E-state index contributed by atoms with van der Waals surface area (Å²) in [7, 11) is 0. The molecule has 1 unspecified atom stereocenters. The Hall–Kier alpha value is -4.02. The van der Waals surface area contributed by atoms with E-state index in [0.717, 1.165) is 17.7 Å². The summed E-state index contributed by atoms with van der Waals surface area (Å²) in [6, 6.07) is 16.8. The van der Waals surface area contributed by atoms with Crippen LogP contribution in [-0.2, 0) is 12.1 Å². The van der Waals surface area contributed by atoms with Gasteiger partial charge >= 0.3 is 0 Å². The molecular formula is C24H21N5O4S. The molecule has 9 nitrogen and oxygen atoms in total. The Balaban J connectivity index is 1.25. The Morgan fingerprint density at radius 2 is 2.09 bits per heavy atom. The second kappa shape index (κ2) is 9.46. The standard InChI is InChI=1S/C24H21N5O4S/c25-24(23-26-28-29-27-23)15-32-21-5-1-4-19(22(21)33-24)20(30)11-8-16-6-9-17(10-7-16)31-13-12-18-3-2-14-34-18/h1-11,14H,12-13,15,25H2,(H,26,27,28,29). The van der Waals surface area contributed by atoms with Crippen LogP contribution < -0.4 is 19.9 Å². The number of aromatic nitrogens is 4. The molecule has 2 aromatic carbocycles. The number of allylic oxidation sites excluding steroid dienone is 1. The van der Waals surface area contributed by atoms with E-state index in [0.29, 0.717) is 17.9 Å². The number of nitrogens with one attached hydrogen (secondary N) is 1. The van der Waals surface area contributed by atoms with E-state index in [2.05, 4.69) is 32.1 Å². The summed E-state index contributed by atoms with van der Waals surface area (Å²) >= 11 is 1.72. The zero-order valence-corrected chi connectivity index (χ0v) is 18.8. The summed E-state index contributed by atoms with van der Waals surface area (Å²) in [6.45, 7) is 0.594. The normalized spacial score (nSPS) is 17.1. The Kier molecular flexibility index (Phi) is 6.07. The minimum Gasteiger partial charge on any atom is -0.493 e. The van der Waals surface area contributed by atoms with E-state index in [9.17, 15) is 4.79 Å². The summed E-state index contributed by atoms with van der Waals surface area (Å²) in [5.41, 5.74) is 6.00. The lowest BCUT2D eigenvalue weighted by Gasteiger charge is -2.33. The molecule has 0 radical (unpaired) electrons. The molecule has 0 saturated heterocycles. The average Bonchev–Trinajstić information content (AvgIpc) is 3.58. The highest BCUT2D eigenvalue weighted by Crippen LogP contribution is 2.39. The van der Waals surface area contributed by atoms with Crippen molar-refractivity contribution in [2.24, 2.45) is 5.73 Å². The molecular weight excluding hydrogens is 454 g/mol. The van der Waals surface area contributed by atoms with E-state index in [1.54, 1.807) is 35.6 Å². The largest absolute Gasteiger partial charge is 0.493 e. The number of benzene rings is 2. The fourth-order valence-corrected chi connectivity index (χ4v) is 4.13. The van der Waals surface area contributed by atoms with Crippen molar-refractivity contribution < 1.29 is 19.0 Å². The van der Waals surface area contributed by atoms with Crippen molar-refractivity contribution in [3.05, 3.63) is 87.9 Å². The van der Waals surface area contributed by atoms with Gasteiger partial charge in [0.25, 0.3) is 5.72 Å². The molecule has 0 aliphatic carbocycles. The third-order valence-corrected chi connectivity index (χ3v) is 6.14. The highest BCUT2D eigenvalue weighted by atomic mass is 32.1. The molecule has 0 spiro atoms. The summed E-state index contributed by atoms with van der Waals surface area (Å²) in [5.74, 6) is 1.32. The molecule has 4 aromatic rings. The third kappa shape index (κ3) is 4.68. The number of rotatable bonds is 8. The predicted octanol–water partition coefficient (Wildman–Crippen LogP) is 3.36. The van der Waals surface area contributed by atoms with Crippen LogP contribution in [0.2, 0.25) is 0 Å². The third-order valence-electron chi connectivity index (χ3n) is 5.20. The Morgan fingerprint density at radius 1 is 1.21 bits per heavy atom. The Labute approximate surface area is 199 Å². The molecule has 1 aliphatic rings. The average molecular weight is 476 g/mol. The molecule has 0 fully saturated rings. The van der Waals surface area contributed by atoms with Gasteiger partial charge in [-0.2, -0.15) is 5.21 Å². The van der Waals surface area contributed by atoms with Gasteiger partial charge in [-0.3, -0.25) is 10.5 Å². The fourth-order valence-electron chi connectivity index (χ4n) is 3.44. The smallest absolute Gasteiger partial charge is 0.257 e. The summed E-state index contributed by atoms with van der Waals surface area (Å²) in [5, 5.41) is 15.7. The van der Waals surface area contributed by atoms with Gasteiger partial charge in [-0.1, -0.05) is 30.3 Å². The number of carbonyl (C=O) groups excluding carboxylic acids is 1. The second-order valence-corrected chi connectivity index (χ2v) is 8.63. The molecule has 3 heterocycles. The van der Waals surface area contributed by atoms with Gasteiger partial charge in [0.2, 0.25) is 5.82 Å². The van der Waals surface area contributed by atoms with Gasteiger partial charge in [-0.25, -0.2) is 0 Å². The molecule has 3 N–H and O–H groups in total. The number of fused-ring (bicyclic) bond motifs is 1. The predicted molar refractivity (Wildman–Crippen MR) is 126 cm³/mol. The van der Waals surface area contributed by atoms with Gasteiger partial charge in [0.05, 0.1) is 12.2 Å². The van der Waals surface area contributed by atoms with Gasteiger partial charge < -0.3 is 14.2 Å². The molecule has 5 rings (SSSR count). The summed E-state index contributed by atoms with van der Waals surface area (Å²) < 4.78 is 17.5. The topological polar surface area (TPSA) is 125 Å². The van der Waals surface area contributed by atoms with Crippen LogP contribution in [-0.4, -0.2) is 39.6 Å². The number of ether oxygens (including phenoxy) is 3. The number of tetrazole rings is 1. The maximum atomic E-state index is 13.0. The Morgan fingerprint density at radius 3 is 2.85 bits per heavy atom. The van der Waals surface area contributed by atoms with E-state index in [1.165, 1.54) is 11.0 Å². The second-order valence-electron chi connectivity index (χ2n) is 7.59. The molecule has 0 saturated carbocycles. The number of aromatic amines is 1. The number of ketones is 1. The highest BCUT2D eigenvalue weighted by molar-refractivity contribution is 7.09. The molecule has 34 heavy (non-hydrogen) atoms. The lowest BCUT2D eigenvalue weighted by atomic mass is 10.1.